The number of aliphatic hydroxyl groups excluding tert-OH is 1. The van der Waals surface area contributed by atoms with E-state index in [1.54, 1.807) is 0 Å². The molecular formula is C15H18N2O3. The Hall–Kier alpha value is -2.14. The number of benzene rings is 1. The highest BCUT2D eigenvalue weighted by Crippen LogP contribution is 2.17. The predicted octanol–water partition coefficient (Wildman–Crippen LogP) is 0.897. The Morgan fingerprint density at radius 2 is 1.65 bits per heavy atom. The van der Waals surface area contributed by atoms with Gasteiger partial charge in [-0.2, -0.15) is 0 Å². The van der Waals surface area contributed by atoms with Gasteiger partial charge in [0, 0.05) is 19.4 Å². The molecule has 1 N–H and O–H groups in total. The lowest BCUT2D eigenvalue weighted by Gasteiger charge is -2.14. The molecule has 1 atom stereocenters. The third kappa shape index (κ3) is 2.88. The Kier molecular flexibility index (Phi) is 3.90. The van der Waals surface area contributed by atoms with Gasteiger partial charge in [0.25, 0.3) is 0 Å². The molecule has 1 aromatic carbocycles. The van der Waals surface area contributed by atoms with Crippen LogP contribution in [0.1, 0.15) is 22.8 Å². The Morgan fingerprint density at radius 3 is 2.25 bits per heavy atom. The maximum absolute atomic E-state index is 11.8. The Labute approximate surface area is 116 Å². The molecule has 1 unspecified atom stereocenters. The van der Waals surface area contributed by atoms with E-state index in [0.717, 1.165) is 16.7 Å². The number of rotatable bonds is 3. The van der Waals surface area contributed by atoms with Crippen molar-refractivity contribution in [3.05, 3.63) is 68.0 Å². The number of hydrogen-bond donors (Lipinski definition) is 1. The summed E-state index contributed by atoms with van der Waals surface area (Å²) in [6.45, 7) is 3.97. The van der Waals surface area contributed by atoms with Crippen molar-refractivity contribution in [2.24, 2.45) is 7.05 Å². The van der Waals surface area contributed by atoms with Crippen molar-refractivity contribution >= 4 is 0 Å². The predicted molar refractivity (Wildman–Crippen MR) is 76.8 cm³/mol. The molecule has 0 aliphatic rings. The number of hydrogen-bond acceptors (Lipinski definition) is 3. The second-order valence-corrected chi connectivity index (χ2v) is 5.11. The minimum atomic E-state index is -0.821. The summed E-state index contributed by atoms with van der Waals surface area (Å²) < 4.78 is 2.46. The summed E-state index contributed by atoms with van der Waals surface area (Å²) >= 11 is 0. The fourth-order valence-electron chi connectivity index (χ4n) is 2.23. The van der Waals surface area contributed by atoms with Crippen molar-refractivity contribution in [2.45, 2.75) is 26.5 Å². The van der Waals surface area contributed by atoms with Crippen LogP contribution in [0.3, 0.4) is 0 Å². The van der Waals surface area contributed by atoms with Crippen LogP contribution >= 0.6 is 0 Å². The van der Waals surface area contributed by atoms with Crippen LogP contribution in [0.2, 0.25) is 0 Å². The summed E-state index contributed by atoms with van der Waals surface area (Å²) in [6, 6.07) is 5.77. The van der Waals surface area contributed by atoms with Crippen molar-refractivity contribution in [3.8, 4) is 0 Å². The number of nitrogens with zero attached hydrogens (tertiary/aromatic N) is 2. The first-order valence-corrected chi connectivity index (χ1v) is 6.41. The molecule has 106 valence electrons. The zero-order valence-electron chi connectivity index (χ0n) is 11.8. The van der Waals surface area contributed by atoms with E-state index in [0.29, 0.717) is 0 Å². The van der Waals surface area contributed by atoms with Gasteiger partial charge in [0.15, 0.2) is 0 Å². The topological polar surface area (TPSA) is 64.2 Å². The van der Waals surface area contributed by atoms with Gasteiger partial charge in [-0.3, -0.25) is 9.59 Å². The van der Waals surface area contributed by atoms with Crippen LogP contribution in [0, 0.1) is 13.8 Å². The van der Waals surface area contributed by atoms with Crippen LogP contribution in [0.25, 0.3) is 0 Å². The zero-order chi connectivity index (χ0) is 14.9. The summed E-state index contributed by atoms with van der Waals surface area (Å²) in [7, 11) is 1.52. The van der Waals surface area contributed by atoms with Gasteiger partial charge >= 0.3 is 11.1 Å². The highest BCUT2D eigenvalue weighted by atomic mass is 16.3. The van der Waals surface area contributed by atoms with E-state index in [1.807, 2.05) is 32.0 Å². The van der Waals surface area contributed by atoms with E-state index in [9.17, 15) is 14.7 Å². The van der Waals surface area contributed by atoms with Crippen LogP contribution in [0.5, 0.6) is 0 Å². The van der Waals surface area contributed by atoms with E-state index in [2.05, 4.69) is 0 Å². The summed E-state index contributed by atoms with van der Waals surface area (Å²) in [5, 5.41) is 10.2. The molecule has 5 nitrogen and oxygen atoms in total. The SMILES string of the molecule is Cc1cc(C)cc(C(O)Cn2ccn(C)c(=O)c2=O)c1. The van der Waals surface area contributed by atoms with Gasteiger partial charge in [0.2, 0.25) is 0 Å². The summed E-state index contributed by atoms with van der Waals surface area (Å²) in [5.41, 5.74) is 1.62. The summed E-state index contributed by atoms with van der Waals surface area (Å²) in [5.74, 6) is 0. The van der Waals surface area contributed by atoms with Gasteiger partial charge < -0.3 is 14.2 Å². The molecule has 0 bridgehead atoms. The average Bonchev–Trinajstić information content (AvgIpc) is 2.38. The largest absolute Gasteiger partial charge is 0.387 e. The van der Waals surface area contributed by atoms with Gasteiger partial charge in [-0.1, -0.05) is 29.3 Å². The lowest BCUT2D eigenvalue weighted by Crippen LogP contribution is -2.40. The van der Waals surface area contributed by atoms with Gasteiger partial charge in [0.05, 0.1) is 12.6 Å². The molecule has 20 heavy (non-hydrogen) atoms. The average molecular weight is 274 g/mol. The minimum Gasteiger partial charge on any atom is -0.387 e. The van der Waals surface area contributed by atoms with Crippen molar-refractivity contribution in [1.82, 2.24) is 9.13 Å². The van der Waals surface area contributed by atoms with Crippen LogP contribution in [0.4, 0.5) is 0 Å². The first kappa shape index (κ1) is 14.3. The van der Waals surface area contributed by atoms with E-state index < -0.39 is 17.2 Å². The maximum Gasteiger partial charge on any atom is 0.316 e. The Morgan fingerprint density at radius 1 is 1.05 bits per heavy atom. The van der Waals surface area contributed by atoms with E-state index in [-0.39, 0.29) is 6.54 Å². The van der Waals surface area contributed by atoms with Crippen LogP contribution in [-0.4, -0.2) is 14.2 Å². The number of aryl methyl sites for hydroxylation is 3. The van der Waals surface area contributed by atoms with Crippen LogP contribution in [-0.2, 0) is 13.6 Å². The van der Waals surface area contributed by atoms with Crippen LogP contribution < -0.4 is 11.1 Å². The monoisotopic (exact) mass is 274 g/mol. The lowest BCUT2D eigenvalue weighted by molar-refractivity contribution is 0.154. The number of aliphatic hydroxyl groups is 1. The standard InChI is InChI=1S/C15H18N2O3/c1-10-6-11(2)8-12(7-10)13(18)9-17-5-4-16(3)14(19)15(17)20/h4-8,13,18H,9H2,1-3H3. The molecular weight excluding hydrogens is 256 g/mol. The molecule has 0 fully saturated rings. The van der Waals surface area contributed by atoms with Crippen molar-refractivity contribution in [2.75, 3.05) is 0 Å². The fourth-order valence-corrected chi connectivity index (χ4v) is 2.23. The molecule has 0 saturated carbocycles. The van der Waals surface area contributed by atoms with Crippen molar-refractivity contribution < 1.29 is 5.11 Å². The van der Waals surface area contributed by atoms with E-state index >= 15 is 0 Å². The summed E-state index contributed by atoms with van der Waals surface area (Å²) in [4.78, 5) is 23.4. The highest BCUT2D eigenvalue weighted by molar-refractivity contribution is 5.29. The van der Waals surface area contributed by atoms with Gasteiger partial charge in [0.1, 0.15) is 0 Å². The first-order chi connectivity index (χ1) is 9.38. The van der Waals surface area contributed by atoms with E-state index in [4.69, 9.17) is 0 Å². The fraction of sp³-hybridized carbons (Fsp3) is 0.333. The minimum absolute atomic E-state index is 0.0673. The molecule has 0 aliphatic heterocycles. The smallest absolute Gasteiger partial charge is 0.316 e. The van der Waals surface area contributed by atoms with Gasteiger partial charge in [-0.15, -0.1) is 0 Å². The second kappa shape index (κ2) is 5.46. The van der Waals surface area contributed by atoms with Crippen LogP contribution in [0.15, 0.2) is 40.2 Å². The molecule has 0 amide bonds. The summed E-state index contributed by atoms with van der Waals surface area (Å²) in [6.07, 6.45) is 2.20. The van der Waals surface area contributed by atoms with Crippen molar-refractivity contribution in [1.29, 1.82) is 0 Å². The molecule has 5 heteroatoms. The molecule has 2 rings (SSSR count). The molecule has 1 heterocycles. The lowest BCUT2D eigenvalue weighted by atomic mass is 10.0. The second-order valence-electron chi connectivity index (χ2n) is 5.11. The molecule has 2 aromatic rings. The molecule has 0 aliphatic carbocycles. The van der Waals surface area contributed by atoms with E-state index in [1.165, 1.54) is 28.6 Å². The molecule has 0 spiro atoms. The Bertz CT molecular complexity index is 723. The zero-order valence-corrected chi connectivity index (χ0v) is 11.8. The van der Waals surface area contributed by atoms with Gasteiger partial charge in [-0.25, -0.2) is 0 Å². The third-order valence-electron chi connectivity index (χ3n) is 3.23. The first-order valence-electron chi connectivity index (χ1n) is 6.41. The third-order valence-corrected chi connectivity index (χ3v) is 3.23. The highest BCUT2D eigenvalue weighted by Gasteiger charge is 2.11. The normalized spacial score (nSPS) is 12.4. The quantitative estimate of drug-likeness (QED) is 0.846. The number of aromatic nitrogens is 2. The van der Waals surface area contributed by atoms with Gasteiger partial charge in [-0.05, 0) is 19.4 Å². The molecule has 1 aromatic heterocycles. The molecule has 0 saturated heterocycles. The maximum atomic E-state index is 11.8. The molecule has 0 radical (unpaired) electrons. The van der Waals surface area contributed by atoms with Crippen molar-refractivity contribution in [3.63, 3.8) is 0 Å². The Balaban J connectivity index is 2.32.